The second-order valence-corrected chi connectivity index (χ2v) is 6.92. The fourth-order valence-corrected chi connectivity index (χ4v) is 4.02. The molecular weight excluding hydrogens is 304 g/mol. The van der Waals surface area contributed by atoms with Crippen LogP contribution in [-0.4, -0.2) is 64.6 Å². The van der Waals surface area contributed by atoms with Gasteiger partial charge in [-0.2, -0.15) is 4.31 Å². The molecule has 0 unspecified atom stereocenters. The standard InChI is InChI=1S/C15H22N2O4S/c1-4-7-16-8-10-17(11-9-16)22(18,19)15-6-5-13(20-2)12-14(15)21-3/h4-6,12H,1,7-11H2,2-3H3. The Bertz CT molecular complexity index is 622. The molecule has 122 valence electrons. The number of hydrogen-bond donors (Lipinski definition) is 0. The lowest BCUT2D eigenvalue weighted by Crippen LogP contribution is -2.48. The van der Waals surface area contributed by atoms with Gasteiger partial charge in [0.1, 0.15) is 16.4 Å². The van der Waals surface area contributed by atoms with E-state index in [0.717, 1.165) is 6.54 Å². The Labute approximate surface area is 132 Å². The van der Waals surface area contributed by atoms with Gasteiger partial charge in [-0.05, 0) is 12.1 Å². The molecule has 0 aromatic heterocycles. The molecule has 1 aromatic rings. The third-order valence-corrected chi connectivity index (χ3v) is 5.65. The van der Waals surface area contributed by atoms with Gasteiger partial charge in [-0.25, -0.2) is 8.42 Å². The topological polar surface area (TPSA) is 59.1 Å². The molecule has 1 aliphatic rings. The summed E-state index contributed by atoms with van der Waals surface area (Å²) < 4.78 is 37.4. The van der Waals surface area contributed by atoms with Crippen molar-refractivity contribution in [2.75, 3.05) is 46.9 Å². The first kappa shape index (κ1) is 16.8. The molecular formula is C15H22N2O4S. The molecule has 1 aliphatic heterocycles. The van der Waals surface area contributed by atoms with Crippen molar-refractivity contribution in [3.05, 3.63) is 30.9 Å². The highest BCUT2D eigenvalue weighted by molar-refractivity contribution is 7.89. The van der Waals surface area contributed by atoms with Crippen molar-refractivity contribution in [3.8, 4) is 11.5 Å². The third kappa shape index (κ3) is 3.43. The maximum absolute atomic E-state index is 12.8. The van der Waals surface area contributed by atoms with Gasteiger partial charge in [-0.15, -0.1) is 6.58 Å². The van der Waals surface area contributed by atoms with Crippen molar-refractivity contribution in [2.45, 2.75) is 4.90 Å². The summed E-state index contributed by atoms with van der Waals surface area (Å²) >= 11 is 0. The number of rotatable bonds is 6. The van der Waals surface area contributed by atoms with Crippen LogP contribution in [-0.2, 0) is 10.0 Å². The molecule has 0 spiro atoms. The smallest absolute Gasteiger partial charge is 0.246 e. The molecule has 0 N–H and O–H groups in total. The van der Waals surface area contributed by atoms with E-state index >= 15 is 0 Å². The third-order valence-electron chi connectivity index (χ3n) is 3.71. The van der Waals surface area contributed by atoms with Crippen LogP contribution in [0.25, 0.3) is 0 Å². The van der Waals surface area contributed by atoms with Crippen molar-refractivity contribution in [1.82, 2.24) is 9.21 Å². The maximum Gasteiger partial charge on any atom is 0.246 e. The number of hydrogen-bond acceptors (Lipinski definition) is 5. The van der Waals surface area contributed by atoms with Crippen molar-refractivity contribution >= 4 is 10.0 Å². The van der Waals surface area contributed by atoms with Gasteiger partial charge in [0.05, 0.1) is 14.2 Å². The predicted molar refractivity (Wildman–Crippen MR) is 84.9 cm³/mol. The fraction of sp³-hybridized carbons (Fsp3) is 0.467. The average Bonchev–Trinajstić information content (AvgIpc) is 2.55. The van der Waals surface area contributed by atoms with Crippen molar-refractivity contribution in [1.29, 1.82) is 0 Å². The summed E-state index contributed by atoms with van der Waals surface area (Å²) in [6, 6.07) is 4.74. The minimum atomic E-state index is -3.57. The van der Waals surface area contributed by atoms with Crippen LogP contribution in [0.4, 0.5) is 0 Å². The molecule has 22 heavy (non-hydrogen) atoms. The summed E-state index contributed by atoms with van der Waals surface area (Å²) in [6.07, 6.45) is 1.83. The molecule has 1 saturated heterocycles. The lowest BCUT2D eigenvalue weighted by Gasteiger charge is -2.33. The Kier molecular flexibility index (Phi) is 5.44. The van der Waals surface area contributed by atoms with Crippen LogP contribution >= 0.6 is 0 Å². The first-order valence-electron chi connectivity index (χ1n) is 7.08. The minimum absolute atomic E-state index is 0.174. The summed E-state index contributed by atoms with van der Waals surface area (Å²) in [6.45, 7) is 6.81. The van der Waals surface area contributed by atoms with E-state index in [-0.39, 0.29) is 4.90 Å². The van der Waals surface area contributed by atoms with E-state index in [9.17, 15) is 8.42 Å². The molecule has 0 aliphatic carbocycles. The van der Waals surface area contributed by atoms with E-state index < -0.39 is 10.0 Å². The van der Waals surface area contributed by atoms with Gasteiger partial charge in [0.15, 0.2) is 0 Å². The minimum Gasteiger partial charge on any atom is -0.497 e. The largest absolute Gasteiger partial charge is 0.497 e. The van der Waals surface area contributed by atoms with Gasteiger partial charge < -0.3 is 9.47 Å². The molecule has 1 heterocycles. The number of ether oxygens (including phenoxy) is 2. The van der Waals surface area contributed by atoms with Gasteiger partial charge >= 0.3 is 0 Å². The number of benzene rings is 1. The zero-order valence-corrected chi connectivity index (χ0v) is 13.8. The van der Waals surface area contributed by atoms with E-state index in [1.165, 1.54) is 24.6 Å². The van der Waals surface area contributed by atoms with Crippen LogP contribution in [0.3, 0.4) is 0 Å². The molecule has 6 nitrogen and oxygen atoms in total. The van der Waals surface area contributed by atoms with E-state index in [4.69, 9.17) is 9.47 Å². The summed E-state index contributed by atoms with van der Waals surface area (Å²) in [7, 11) is -0.584. The van der Waals surface area contributed by atoms with Crippen LogP contribution in [0.2, 0.25) is 0 Å². The number of sulfonamides is 1. The zero-order chi connectivity index (χ0) is 16.2. The van der Waals surface area contributed by atoms with E-state index in [0.29, 0.717) is 37.7 Å². The normalized spacial score (nSPS) is 17.2. The molecule has 0 radical (unpaired) electrons. The van der Waals surface area contributed by atoms with Gasteiger partial charge in [0.25, 0.3) is 0 Å². The number of piperazine rings is 1. The molecule has 0 amide bonds. The number of nitrogens with zero attached hydrogens (tertiary/aromatic N) is 2. The average molecular weight is 326 g/mol. The Hall–Kier alpha value is -1.57. The lowest BCUT2D eigenvalue weighted by molar-refractivity contribution is 0.204. The molecule has 1 aromatic carbocycles. The van der Waals surface area contributed by atoms with E-state index in [1.807, 2.05) is 6.08 Å². The molecule has 0 saturated carbocycles. The van der Waals surface area contributed by atoms with Crippen LogP contribution in [0.15, 0.2) is 35.7 Å². The molecule has 1 fully saturated rings. The second-order valence-electron chi connectivity index (χ2n) is 5.01. The predicted octanol–water partition coefficient (Wildman–Crippen LogP) is 1.20. The Balaban J connectivity index is 2.22. The van der Waals surface area contributed by atoms with Crippen LogP contribution in [0.5, 0.6) is 11.5 Å². The van der Waals surface area contributed by atoms with Gasteiger partial charge in [-0.1, -0.05) is 6.08 Å². The van der Waals surface area contributed by atoms with E-state index in [1.54, 1.807) is 12.1 Å². The highest BCUT2D eigenvalue weighted by Gasteiger charge is 2.30. The monoisotopic (exact) mass is 326 g/mol. The summed E-state index contributed by atoms with van der Waals surface area (Å²) in [5.41, 5.74) is 0. The summed E-state index contributed by atoms with van der Waals surface area (Å²) in [5.74, 6) is 0.861. The first-order valence-corrected chi connectivity index (χ1v) is 8.52. The molecule has 2 rings (SSSR count). The van der Waals surface area contributed by atoms with Crippen LogP contribution < -0.4 is 9.47 Å². The lowest BCUT2D eigenvalue weighted by atomic mass is 10.3. The SMILES string of the molecule is C=CCN1CCN(S(=O)(=O)c2ccc(OC)cc2OC)CC1. The Morgan fingerprint density at radius 2 is 1.86 bits per heavy atom. The molecule has 7 heteroatoms. The van der Waals surface area contributed by atoms with Gasteiger partial charge in [0, 0.05) is 38.8 Å². The molecule has 0 bridgehead atoms. The highest BCUT2D eigenvalue weighted by Crippen LogP contribution is 2.30. The van der Waals surface area contributed by atoms with Crippen LogP contribution in [0, 0.1) is 0 Å². The fourth-order valence-electron chi connectivity index (χ4n) is 2.46. The quantitative estimate of drug-likeness (QED) is 0.735. The van der Waals surface area contributed by atoms with Crippen molar-refractivity contribution in [3.63, 3.8) is 0 Å². The maximum atomic E-state index is 12.8. The second kappa shape index (κ2) is 7.13. The molecule has 0 atom stereocenters. The van der Waals surface area contributed by atoms with Gasteiger partial charge in [-0.3, -0.25) is 4.90 Å². The first-order chi connectivity index (χ1) is 10.5. The van der Waals surface area contributed by atoms with Crippen molar-refractivity contribution < 1.29 is 17.9 Å². The zero-order valence-electron chi connectivity index (χ0n) is 13.0. The summed E-state index contributed by atoms with van der Waals surface area (Å²) in [5, 5.41) is 0. The van der Waals surface area contributed by atoms with Crippen LogP contribution in [0.1, 0.15) is 0 Å². The number of methoxy groups -OCH3 is 2. The van der Waals surface area contributed by atoms with E-state index in [2.05, 4.69) is 11.5 Å². The van der Waals surface area contributed by atoms with Crippen molar-refractivity contribution in [2.24, 2.45) is 0 Å². The Morgan fingerprint density at radius 1 is 1.18 bits per heavy atom. The van der Waals surface area contributed by atoms with Gasteiger partial charge in [0.2, 0.25) is 10.0 Å². The summed E-state index contributed by atoms with van der Waals surface area (Å²) in [4.78, 5) is 2.34. The Morgan fingerprint density at radius 3 is 2.41 bits per heavy atom. The highest BCUT2D eigenvalue weighted by atomic mass is 32.2.